The molecule has 1 aromatic heterocycles. The van der Waals surface area contributed by atoms with Gasteiger partial charge in [-0.3, -0.25) is 4.90 Å². The van der Waals surface area contributed by atoms with Crippen LogP contribution in [0, 0.1) is 0 Å². The van der Waals surface area contributed by atoms with Crippen molar-refractivity contribution in [3.63, 3.8) is 0 Å². The minimum Gasteiger partial charge on any atom is -0.463 e. The van der Waals surface area contributed by atoms with Crippen LogP contribution in [0.1, 0.15) is 31.3 Å². The third-order valence-electron chi connectivity index (χ3n) is 2.97. The number of hydrogen-bond donors (Lipinski definition) is 1. The Morgan fingerprint density at radius 2 is 2.18 bits per heavy atom. The lowest BCUT2D eigenvalue weighted by atomic mass is 10.2. The van der Waals surface area contributed by atoms with Crippen molar-refractivity contribution in [1.82, 2.24) is 10.2 Å². The Morgan fingerprint density at radius 3 is 2.94 bits per heavy atom. The summed E-state index contributed by atoms with van der Waals surface area (Å²) in [6.45, 7) is 7.17. The molecule has 94 valence electrons. The predicted octanol–water partition coefficient (Wildman–Crippen LogP) is 2.54. The van der Waals surface area contributed by atoms with Crippen molar-refractivity contribution in [2.45, 2.75) is 32.9 Å². The fraction of sp³-hybridized carbons (Fsp3) is 0.571. The Kier molecular flexibility index (Phi) is 4.83. The normalized spacial score (nSPS) is 16.5. The van der Waals surface area contributed by atoms with E-state index in [1.807, 2.05) is 0 Å². The summed E-state index contributed by atoms with van der Waals surface area (Å²) < 4.78 is 5.80. The molecule has 0 amide bonds. The first-order valence-corrected chi connectivity index (χ1v) is 6.54. The SMILES string of the molecule is CCCNCc1ccc(CN2CC=CCC2)o1. The zero-order chi connectivity index (χ0) is 11.9. The van der Waals surface area contributed by atoms with Crippen LogP contribution in [0.5, 0.6) is 0 Å². The standard InChI is InChI=1S/C14H22N2O/c1-2-8-15-11-13-6-7-14(17-13)12-16-9-4-3-5-10-16/h3-4,6-7,15H,2,5,8-12H2,1H3. The maximum absolute atomic E-state index is 5.80. The summed E-state index contributed by atoms with van der Waals surface area (Å²) in [5, 5.41) is 3.35. The summed E-state index contributed by atoms with van der Waals surface area (Å²) in [4.78, 5) is 2.40. The van der Waals surface area contributed by atoms with Gasteiger partial charge in [0.15, 0.2) is 0 Å². The second-order valence-corrected chi connectivity index (χ2v) is 4.54. The van der Waals surface area contributed by atoms with Crippen LogP contribution in [0.3, 0.4) is 0 Å². The Bertz CT molecular complexity index is 357. The van der Waals surface area contributed by atoms with Crippen LogP contribution in [0.4, 0.5) is 0 Å². The molecule has 0 fully saturated rings. The number of rotatable bonds is 6. The van der Waals surface area contributed by atoms with Gasteiger partial charge in [-0.05, 0) is 31.5 Å². The number of furan rings is 1. The summed E-state index contributed by atoms with van der Waals surface area (Å²) >= 11 is 0. The molecule has 0 unspecified atom stereocenters. The van der Waals surface area contributed by atoms with Gasteiger partial charge in [-0.15, -0.1) is 0 Å². The van der Waals surface area contributed by atoms with Crippen LogP contribution >= 0.6 is 0 Å². The van der Waals surface area contributed by atoms with Gasteiger partial charge in [-0.25, -0.2) is 0 Å². The van der Waals surface area contributed by atoms with Gasteiger partial charge in [0.1, 0.15) is 11.5 Å². The molecule has 0 radical (unpaired) electrons. The van der Waals surface area contributed by atoms with Gasteiger partial charge in [0.25, 0.3) is 0 Å². The maximum Gasteiger partial charge on any atom is 0.118 e. The van der Waals surface area contributed by atoms with E-state index in [2.05, 4.69) is 41.4 Å². The molecule has 17 heavy (non-hydrogen) atoms. The van der Waals surface area contributed by atoms with Gasteiger partial charge < -0.3 is 9.73 Å². The van der Waals surface area contributed by atoms with Crippen molar-refractivity contribution in [3.05, 3.63) is 35.8 Å². The van der Waals surface area contributed by atoms with E-state index in [1.165, 1.54) is 0 Å². The molecular formula is C14H22N2O. The molecule has 3 nitrogen and oxygen atoms in total. The first kappa shape index (κ1) is 12.4. The minimum atomic E-state index is 0.841. The number of nitrogens with one attached hydrogen (secondary N) is 1. The molecule has 2 heterocycles. The summed E-state index contributed by atoms with van der Waals surface area (Å²) in [6.07, 6.45) is 6.80. The third-order valence-corrected chi connectivity index (χ3v) is 2.97. The highest BCUT2D eigenvalue weighted by molar-refractivity contribution is 5.07. The Balaban J connectivity index is 1.79. The van der Waals surface area contributed by atoms with Crippen molar-refractivity contribution in [2.24, 2.45) is 0 Å². The fourth-order valence-electron chi connectivity index (χ4n) is 2.04. The van der Waals surface area contributed by atoms with Crippen LogP contribution in [-0.2, 0) is 13.1 Å². The zero-order valence-electron chi connectivity index (χ0n) is 10.6. The van der Waals surface area contributed by atoms with E-state index in [1.54, 1.807) is 0 Å². The summed E-state index contributed by atoms with van der Waals surface area (Å²) in [7, 11) is 0. The predicted molar refractivity (Wildman–Crippen MR) is 69.7 cm³/mol. The van der Waals surface area contributed by atoms with E-state index in [9.17, 15) is 0 Å². The van der Waals surface area contributed by atoms with Crippen molar-refractivity contribution in [2.75, 3.05) is 19.6 Å². The van der Waals surface area contributed by atoms with Crippen LogP contribution < -0.4 is 5.32 Å². The van der Waals surface area contributed by atoms with Gasteiger partial charge in [0.2, 0.25) is 0 Å². The maximum atomic E-state index is 5.80. The van der Waals surface area contributed by atoms with Crippen LogP contribution in [0.15, 0.2) is 28.7 Å². The summed E-state index contributed by atoms with van der Waals surface area (Å²) in [5.41, 5.74) is 0. The van der Waals surface area contributed by atoms with Crippen LogP contribution in [0.25, 0.3) is 0 Å². The van der Waals surface area contributed by atoms with E-state index in [4.69, 9.17) is 4.42 Å². The van der Waals surface area contributed by atoms with E-state index < -0.39 is 0 Å². The van der Waals surface area contributed by atoms with E-state index in [-0.39, 0.29) is 0 Å². The lowest BCUT2D eigenvalue weighted by Crippen LogP contribution is -2.26. The molecule has 0 aromatic carbocycles. The molecule has 0 aliphatic carbocycles. The Morgan fingerprint density at radius 1 is 1.29 bits per heavy atom. The quantitative estimate of drug-likeness (QED) is 0.605. The molecule has 2 rings (SSSR count). The molecule has 0 atom stereocenters. The topological polar surface area (TPSA) is 28.4 Å². The summed E-state index contributed by atoms with van der Waals surface area (Å²) in [6, 6.07) is 4.18. The molecule has 0 saturated heterocycles. The zero-order valence-corrected chi connectivity index (χ0v) is 10.6. The first-order chi connectivity index (χ1) is 8.38. The minimum absolute atomic E-state index is 0.841. The highest BCUT2D eigenvalue weighted by atomic mass is 16.3. The molecule has 1 aliphatic rings. The van der Waals surface area contributed by atoms with Gasteiger partial charge >= 0.3 is 0 Å². The van der Waals surface area contributed by atoms with E-state index in [0.717, 1.165) is 57.1 Å². The van der Waals surface area contributed by atoms with Gasteiger partial charge in [-0.2, -0.15) is 0 Å². The molecule has 0 saturated carbocycles. The fourth-order valence-corrected chi connectivity index (χ4v) is 2.04. The van der Waals surface area contributed by atoms with Crippen LogP contribution in [-0.4, -0.2) is 24.5 Å². The van der Waals surface area contributed by atoms with E-state index >= 15 is 0 Å². The average Bonchev–Trinajstić information content (AvgIpc) is 2.79. The van der Waals surface area contributed by atoms with Crippen molar-refractivity contribution in [3.8, 4) is 0 Å². The molecule has 0 bridgehead atoms. The molecule has 1 N–H and O–H groups in total. The summed E-state index contributed by atoms with van der Waals surface area (Å²) in [5.74, 6) is 2.12. The van der Waals surface area contributed by atoms with Crippen molar-refractivity contribution in [1.29, 1.82) is 0 Å². The highest BCUT2D eigenvalue weighted by Gasteiger charge is 2.09. The first-order valence-electron chi connectivity index (χ1n) is 6.54. The van der Waals surface area contributed by atoms with Gasteiger partial charge in [-0.1, -0.05) is 19.1 Å². The highest BCUT2D eigenvalue weighted by Crippen LogP contribution is 2.12. The van der Waals surface area contributed by atoms with Gasteiger partial charge in [0, 0.05) is 13.1 Å². The van der Waals surface area contributed by atoms with Gasteiger partial charge in [0.05, 0.1) is 13.1 Å². The molecule has 1 aliphatic heterocycles. The largest absolute Gasteiger partial charge is 0.463 e. The Labute approximate surface area is 103 Å². The number of hydrogen-bond acceptors (Lipinski definition) is 3. The Hall–Kier alpha value is -1.06. The lowest BCUT2D eigenvalue weighted by Gasteiger charge is -2.21. The molecular weight excluding hydrogens is 212 g/mol. The lowest BCUT2D eigenvalue weighted by molar-refractivity contribution is 0.261. The molecule has 1 aromatic rings. The third kappa shape index (κ3) is 4.02. The average molecular weight is 234 g/mol. The van der Waals surface area contributed by atoms with Crippen molar-refractivity contribution < 1.29 is 4.42 Å². The second-order valence-electron chi connectivity index (χ2n) is 4.54. The molecule has 0 spiro atoms. The van der Waals surface area contributed by atoms with Crippen molar-refractivity contribution >= 4 is 0 Å². The number of nitrogens with zero attached hydrogens (tertiary/aromatic N) is 1. The second kappa shape index (κ2) is 6.62. The molecule has 3 heteroatoms. The smallest absolute Gasteiger partial charge is 0.118 e. The monoisotopic (exact) mass is 234 g/mol. The van der Waals surface area contributed by atoms with E-state index in [0.29, 0.717) is 0 Å². The van der Waals surface area contributed by atoms with Crippen LogP contribution in [0.2, 0.25) is 0 Å².